The summed E-state index contributed by atoms with van der Waals surface area (Å²) in [7, 11) is -1.64. The second-order valence-electron chi connectivity index (χ2n) is 4.13. The van der Waals surface area contributed by atoms with E-state index in [9.17, 15) is 18.0 Å². The van der Waals surface area contributed by atoms with Gasteiger partial charge in [-0.05, 0) is 24.6 Å². The van der Waals surface area contributed by atoms with E-state index in [-0.39, 0.29) is 10.5 Å². The first-order valence-electron chi connectivity index (χ1n) is 5.57. The van der Waals surface area contributed by atoms with Crippen molar-refractivity contribution >= 4 is 22.0 Å². The van der Waals surface area contributed by atoms with Crippen LogP contribution in [0.1, 0.15) is 15.9 Å². The number of carbonyl (C=O) groups excluding carboxylic acids is 1. The predicted molar refractivity (Wildman–Crippen MR) is 70.0 cm³/mol. The maximum atomic E-state index is 12.3. The summed E-state index contributed by atoms with van der Waals surface area (Å²) in [6.45, 7) is 0.896. The molecule has 0 unspecified atom stereocenters. The molecule has 8 heteroatoms. The second-order valence-corrected chi connectivity index (χ2v) is 6.14. The Morgan fingerprint density at radius 3 is 2.45 bits per heavy atom. The van der Waals surface area contributed by atoms with Gasteiger partial charge in [-0.3, -0.25) is 4.79 Å². The number of benzene rings is 1. The van der Waals surface area contributed by atoms with E-state index in [4.69, 9.17) is 5.11 Å². The molecule has 110 valence electrons. The van der Waals surface area contributed by atoms with Crippen LogP contribution in [0.4, 0.5) is 0 Å². The molecule has 1 rings (SSSR count). The number of methoxy groups -OCH3 is 1. The lowest BCUT2D eigenvalue weighted by Crippen LogP contribution is -2.32. The van der Waals surface area contributed by atoms with Gasteiger partial charge in [0.05, 0.1) is 17.6 Å². The van der Waals surface area contributed by atoms with Gasteiger partial charge in [-0.2, -0.15) is 4.31 Å². The van der Waals surface area contributed by atoms with Crippen LogP contribution in [0.15, 0.2) is 23.1 Å². The van der Waals surface area contributed by atoms with E-state index in [1.54, 1.807) is 6.92 Å². The average molecular weight is 301 g/mol. The third-order valence-electron chi connectivity index (χ3n) is 2.66. The molecule has 0 saturated carbocycles. The van der Waals surface area contributed by atoms with Gasteiger partial charge in [0, 0.05) is 7.05 Å². The number of esters is 1. The van der Waals surface area contributed by atoms with Gasteiger partial charge >= 0.3 is 11.9 Å². The third-order valence-corrected chi connectivity index (χ3v) is 4.60. The lowest BCUT2D eigenvalue weighted by atomic mass is 10.1. The van der Waals surface area contributed by atoms with E-state index in [1.807, 2.05) is 0 Å². The van der Waals surface area contributed by atoms with Crippen LogP contribution in [0.5, 0.6) is 0 Å². The average Bonchev–Trinajstić information content (AvgIpc) is 2.37. The highest BCUT2D eigenvalue weighted by Gasteiger charge is 2.25. The van der Waals surface area contributed by atoms with Crippen LogP contribution in [0.3, 0.4) is 0 Å². The van der Waals surface area contributed by atoms with E-state index in [0.29, 0.717) is 9.87 Å². The summed E-state index contributed by atoms with van der Waals surface area (Å²) in [5.41, 5.74) is 0.496. The van der Waals surface area contributed by atoms with Gasteiger partial charge in [0.1, 0.15) is 6.54 Å². The van der Waals surface area contributed by atoms with Crippen molar-refractivity contribution in [1.29, 1.82) is 0 Å². The largest absolute Gasteiger partial charge is 0.480 e. The van der Waals surface area contributed by atoms with Crippen molar-refractivity contribution in [1.82, 2.24) is 4.31 Å². The molecular formula is C12H15NO6S. The number of rotatable bonds is 5. The molecule has 0 atom stereocenters. The quantitative estimate of drug-likeness (QED) is 0.794. The Morgan fingerprint density at radius 1 is 1.35 bits per heavy atom. The van der Waals surface area contributed by atoms with Crippen LogP contribution in [0, 0.1) is 6.92 Å². The normalized spacial score (nSPS) is 11.4. The van der Waals surface area contributed by atoms with Gasteiger partial charge in [-0.1, -0.05) is 6.07 Å². The van der Waals surface area contributed by atoms with Gasteiger partial charge in [-0.25, -0.2) is 13.2 Å². The topological polar surface area (TPSA) is 101 Å². The number of carboxylic acids is 1. The molecule has 7 nitrogen and oxygen atoms in total. The number of likely N-dealkylation sites (N-methyl/N-ethyl adjacent to an activating group) is 1. The Labute approximate surface area is 116 Å². The summed E-state index contributed by atoms with van der Waals surface area (Å²) in [5.74, 6) is -1.93. The van der Waals surface area contributed by atoms with Crippen molar-refractivity contribution in [3.63, 3.8) is 0 Å². The Balaban J connectivity index is 3.30. The van der Waals surface area contributed by atoms with Crippen molar-refractivity contribution < 1.29 is 27.9 Å². The lowest BCUT2D eigenvalue weighted by molar-refractivity contribution is -0.137. The van der Waals surface area contributed by atoms with Gasteiger partial charge in [0.2, 0.25) is 10.0 Å². The summed E-state index contributed by atoms with van der Waals surface area (Å²) in [6.07, 6.45) is 0. The second kappa shape index (κ2) is 6.02. The van der Waals surface area contributed by atoms with Crippen LogP contribution < -0.4 is 0 Å². The number of ether oxygens (including phenoxy) is 1. The fraction of sp³-hybridized carbons (Fsp3) is 0.333. The highest BCUT2D eigenvalue weighted by Crippen LogP contribution is 2.20. The zero-order chi connectivity index (χ0) is 15.5. The number of aryl methyl sites for hydroxylation is 1. The van der Waals surface area contributed by atoms with Crippen LogP contribution in [0.2, 0.25) is 0 Å². The SMILES string of the molecule is COC(=O)c1ccc(C)c(S(=O)(=O)N(C)CC(=O)O)c1. The van der Waals surface area contributed by atoms with Gasteiger partial charge in [0.25, 0.3) is 0 Å². The van der Waals surface area contributed by atoms with E-state index < -0.39 is 28.5 Å². The van der Waals surface area contributed by atoms with Gasteiger partial charge in [0.15, 0.2) is 0 Å². The zero-order valence-electron chi connectivity index (χ0n) is 11.3. The Morgan fingerprint density at radius 2 is 1.95 bits per heavy atom. The summed E-state index contributed by atoms with van der Waals surface area (Å²) < 4.78 is 29.8. The molecule has 0 aliphatic heterocycles. The zero-order valence-corrected chi connectivity index (χ0v) is 12.1. The Kier molecular flexibility index (Phi) is 4.85. The van der Waals surface area contributed by atoms with E-state index in [2.05, 4.69) is 4.74 Å². The summed E-state index contributed by atoms with van der Waals surface area (Å²) >= 11 is 0. The molecule has 0 spiro atoms. The summed E-state index contributed by atoms with van der Waals surface area (Å²) in [6, 6.07) is 4.08. The molecule has 0 saturated heterocycles. The number of hydrogen-bond acceptors (Lipinski definition) is 5. The lowest BCUT2D eigenvalue weighted by Gasteiger charge is -2.17. The predicted octanol–water partition coefficient (Wildman–Crippen LogP) is 0.487. The molecule has 0 fully saturated rings. The van der Waals surface area contributed by atoms with Gasteiger partial charge in [-0.15, -0.1) is 0 Å². The molecule has 0 aliphatic rings. The molecule has 0 aromatic heterocycles. The van der Waals surface area contributed by atoms with Crippen molar-refractivity contribution in [3.8, 4) is 0 Å². The molecule has 0 radical (unpaired) electrons. The molecule has 0 heterocycles. The molecule has 1 N–H and O–H groups in total. The van der Waals surface area contributed by atoms with Crippen molar-refractivity contribution in [3.05, 3.63) is 29.3 Å². The number of hydrogen-bond donors (Lipinski definition) is 1. The molecule has 0 aliphatic carbocycles. The van der Waals surface area contributed by atoms with Crippen LogP contribution in [-0.2, 0) is 19.6 Å². The van der Waals surface area contributed by atoms with Crippen LogP contribution >= 0.6 is 0 Å². The van der Waals surface area contributed by atoms with E-state index in [0.717, 1.165) is 7.05 Å². The fourth-order valence-corrected chi connectivity index (χ4v) is 2.93. The Bertz CT molecular complexity index is 637. The van der Waals surface area contributed by atoms with Crippen molar-refractivity contribution in [2.24, 2.45) is 0 Å². The third kappa shape index (κ3) is 3.34. The standard InChI is InChI=1S/C12H15NO6S/c1-8-4-5-9(12(16)19-3)6-10(8)20(17,18)13(2)7-11(14)15/h4-6H,7H2,1-3H3,(H,14,15). The molecular weight excluding hydrogens is 286 g/mol. The van der Waals surface area contributed by atoms with Crippen LogP contribution in [0.25, 0.3) is 0 Å². The maximum absolute atomic E-state index is 12.3. The number of carboxylic acid groups (broad SMARTS) is 1. The maximum Gasteiger partial charge on any atom is 0.337 e. The number of aliphatic carboxylic acids is 1. The van der Waals surface area contributed by atoms with Gasteiger partial charge < -0.3 is 9.84 Å². The minimum absolute atomic E-state index is 0.0837. The number of sulfonamides is 1. The minimum atomic E-state index is -3.98. The van der Waals surface area contributed by atoms with Crippen molar-refractivity contribution in [2.45, 2.75) is 11.8 Å². The number of carbonyl (C=O) groups is 2. The minimum Gasteiger partial charge on any atom is -0.480 e. The monoisotopic (exact) mass is 301 g/mol. The first-order chi connectivity index (χ1) is 9.20. The molecule has 1 aromatic carbocycles. The smallest absolute Gasteiger partial charge is 0.337 e. The van der Waals surface area contributed by atoms with E-state index >= 15 is 0 Å². The molecule has 0 bridgehead atoms. The first-order valence-corrected chi connectivity index (χ1v) is 7.01. The van der Waals surface area contributed by atoms with Crippen molar-refractivity contribution in [2.75, 3.05) is 20.7 Å². The fourth-order valence-electron chi connectivity index (χ4n) is 1.57. The molecule has 1 aromatic rings. The molecule has 0 amide bonds. The highest BCUT2D eigenvalue weighted by atomic mass is 32.2. The van der Waals surface area contributed by atoms with E-state index in [1.165, 1.54) is 25.3 Å². The molecule has 20 heavy (non-hydrogen) atoms. The highest BCUT2D eigenvalue weighted by molar-refractivity contribution is 7.89. The number of nitrogens with zero attached hydrogens (tertiary/aromatic N) is 1. The Hall–Kier alpha value is -1.93. The summed E-state index contributed by atoms with van der Waals surface area (Å²) in [4.78, 5) is 21.9. The summed E-state index contributed by atoms with van der Waals surface area (Å²) in [5, 5.41) is 8.66. The van der Waals surface area contributed by atoms with Crippen LogP contribution in [-0.4, -0.2) is 50.5 Å². The first kappa shape index (κ1) is 16.1.